The van der Waals surface area contributed by atoms with E-state index in [1.54, 1.807) is 30.3 Å². The molecule has 0 aromatic heterocycles. The number of sulfonamides is 1. The zero-order valence-electron chi connectivity index (χ0n) is 13.2. The molecule has 0 bridgehead atoms. The Balaban J connectivity index is 2.02. The van der Waals surface area contributed by atoms with Crippen molar-refractivity contribution < 1.29 is 12.6 Å². The largest absolute Gasteiger partial charge is 0.384 e. The van der Waals surface area contributed by atoms with Gasteiger partial charge in [-0.25, -0.2) is 22.5 Å². The monoisotopic (exact) mass is 378 g/mol. The predicted molar refractivity (Wildman–Crippen MR) is 96.8 cm³/mol. The van der Waals surface area contributed by atoms with Crippen molar-refractivity contribution in [1.82, 2.24) is 4.72 Å². The molecule has 2 aromatic carbocycles. The Kier molecular flexibility index (Phi) is 4.74. The summed E-state index contributed by atoms with van der Waals surface area (Å²) in [7, 11) is -5.32. The van der Waals surface area contributed by atoms with Crippen LogP contribution in [0.3, 0.4) is 0 Å². The van der Waals surface area contributed by atoms with Crippen LogP contribution in [-0.2, 0) is 21.0 Å². The van der Waals surface area contributed by atoms with Crippen molar-refractivity contribution in [1.29, 1.82) is 5.41 Å². The van der Waals surface area contributed by atoms with Crippen LogP contribution in [0, 0.1) is 5.41 Å². The first kappa shape index (κ1) is 17.7. The molecule has 3 rings (SSSR count). The van der Waals surface area contributed by atoms with Gasteiger partial charge in [0, 0.05) is 11.6 Å². The van der Waals surface area contributed by atoms with Gasteiger partial charge in [0.05, 0.1) is 9.79 Å². The SMILES string of the molecule is N=C(N)c1c(-c2ccc(S(=O)(=O)NC3CC3)cc2)cccc1S(N)=O. The van der Waals surface area contributed by atoms with Gasteiger partial charge in [-0.15, -0.1) is 0 Å². The zero-order valence-corrected chi connectivity index (χ0v) is 14.9. The maximum Gasteiger partial charge on any atom is 0.240 e. The van der Waals surface area contributed by atoms with Crippen molar-refractivity contribution in [3.63, 3.8) is 0 Å². The number of nitrogen functional groups attached to an aromatic ring is 1. The summed E-state index contributed by atoms with van der Waals surface area (Å²) in [5.41, 5.74) is 7.15. The van der Waals surface area contributed by atoms with Crippen LogP contribution in [0.4, 0.5) is 0 Å². The molecule has 0 radical (unpaired) electrons. The van der Waals surface area contributed by atoms with Crippen LogP contribution in [0.25, 0.3) is 11.1 Å². The van der Waals surface area contributed by atoms with Crippen LogP contribution in [0.5, 0.6) is 0 Å². The molecule has 7 nitrogen and oxygen atoms in total. The molecule has 1 unspecified atom stereocenters. The molecule has 1 fully saturated rings. The summed E-state index contributed by atoms with van der Waals surface area (Å²) in [6.45, 7) is 0. The number of amidine groups is 1. The molecule has 1 aliphatic carbocycles. The highest BCUT2D eigenvalue weighted by atomic mass is 32.2. The number of nitrogens with two attached hydrogens (primary N) is 2. The van der Waals surface area contributed by atoms with E-state index in [2.05, 4.69) is 4.72 Å². The van der Waals surface area contributed by atoms with Gasteiger partial charge in [-0.2, -0.15) is 0 Å². The molecule has 1 atom stereocenters. The third kappa shape index (κ3) is 3.79. The lowest BCUT2D eigenvalue weighted by Crippen LogP contribution is -2.25. The molecule has 2 aromatic rings. The zero-order chi connectivity index (χ0) is 18.2. The highest BCUT2D eigenvalue weighted by Crippen LogP contribution is 2.29. The van der Waals surface area contributed by atoms with Gasteiger partial charge in [0.15, 0.2) is 0 Å². The lowest BCUT2D eigenvalue weighted by atomic mass is 9.99. The average molecular weight is 378 g/mol. The Morgan fingerprint density at radius 3 is 2.32 bits per heavy atom. The van der Waals surface area contributed by atoms with Gasteiger partial charge >= 0.3 is 0 Å². The van der Waals surface area contributed by atoms with Gasteiger partial charge in [0.25, 0.3) is 0 Å². The average Bonchev–Trinajstić information content (AvgIpc) is 3.37. The molecule has 1 aliphatic rings. The van der Waals surface area contributed by atoms with Gasteiger partial charge in [-0.05, 0) is 42.2 Å². The minimum Gasteiger partial charge on any atom is -0.384 e. The quantitative estimate of drug-likeness (QED) is 0.441. The van der Waals surface area contributed by atoms with E-state index in [9.17, 15) is 12.6 Å². The molecule has 0 spiro atoms. The summed E-state index contributed by atoms with van der Waals surface area (Å²) < 4.78 is 38.8. The van der Waals surface area contributed by atoms with E-state index in [1.165, 1.54) is 12.1 Å². The fraction of sp³-hybridized carbons (Fsp3) is 0.188. The number of hydrogen-bond donors (Lipinski definition) is 4. The second kappa shape index (κ2) is 6.68. The second-order valence-corrected chi connectivity index (χ2v) is 8.56. The summed E-state index contributed by atoms with van der Waals surface area (Å²) in [6.07, 6.45) is 1.73. The predicted octanol–water partition coefficient (Wildman–Crippen LogP) is 1.06. The molecule has 132 valence electrons. The fourth-order valence-electron chi connectivity index (χ4n) is 2.52. The van der Waals surface area contributed by atoms with Crippen LogP contribution in [0.15, 0.2) is 52.3 Å². The van der Waals surface area contributed by atoms with E-state index in [0.717, 1.165) is 12.8 Å². The van der Waals surface area contributed by atoms with Gasteiger partial charge < -0.3 is 5.73 Å². The molecule has 0 amide bonds. The Morgan fingerprint density at radius 1 is 1.16 bits per heavy atom. The standard InChI is InChI=1S/C16H18N4O3S2/c17-16(18)15-13(2-1-3-14(15)24(19)21)10-4-8-12(9-5-10)25(22,23)20-11-6-7-11/h1-5,8-9,11,20H,6-7,19H2,(H3,17,18). The number of nitrogens with one attached hydrogen (secondary N) is 2. The Labute approximate surface area is 148 Å². The van der Waals surface area contributed by atoms with Crippen LogP contribution < -0.4 is 15.6 Å². The smallest absolute Gasteiger partial charge is 0.240 e. The topological polar surface area (TPSA) is 139 Å². The summed E-state index contributed by atoms with van der Waals surface area (Å²) >= 11 is 0. The van der Waals surface area contributed by atoms with Gasteiger partial charge in [0.1, 0.15) is 16.8 Å². The van der Waals surface area contributed by atoms with Crippen molar-refractivity contribution in [2.75, 3.05) is 0 Å². The minimum absolute atomic E-state index is 0.0326. The Bertz CT molecular complexity index is 952. The normalized spacial score (nSPS) is 15.7. The molecule has 0 saturated heterocycles. The van der Waals surface area contributed by atoms with Crippen LogP contribution in [0.2, 0.25) is 0 Å². The second-order valence-electron chi connectivity index (χ2n) is 5.81. The minimum atomic E-state index is -3.53. The maximum absolute atomic E-state index is 12.2. The number of benzene rings is 2. The molecule has 1 saturated carbocycles. The van der Waals surface area contributed by atoms with E-state index in [1.807, 2.05) is 0 Å². The summed E-state index contributed by atoms with van der Waals surface area (Å²) in [5.74, 6) is -0.253. The number of rotatable bonds is 6. The summed E-state index contributed by atoms with van der Waals surface area (Å²) in [6, 6.07) is 11.2. The Hall–Kier alpha value is -2.07. The van der Waals surface area contributed by atoms with Crippen molar-refractivity contribution in [3.8, 4) is 11.1 Å². The highest BCUT2D eigenvalue weighted by molar-refractivity contribution is 7.89. The summed E-state index contributed by atoms with van der Waals surface area (Å²) in [4.78, 5) is 0.433. The van der Waals surface area contributed by atoms with E-state index >= 15 is 0 Å². The van der Waals surface area contributed by atoms with E-state index in [0.29, 0.717) is 11.1 Å². The molecular weight excluding hydrogens is 360 g/mol. The lowest BCUT2D eigenvalue weighted by Gasteiger charge is -2.13. The molecular formula is C16H18N4O3S2. The third-order valence-electron chi connectivity index (χ3n) is 3.89. The highest BCUT2D eigenvalue weighted by Gasteiger charge is 2.28. The molecule has 0 heterocycles. The van der Waals surface area contributed by atoms with Crippen molar-refractivity contribution in [2.24, 2.45) is 10.9 Å². The molecule has 25 heavy (non-hydrogen) atoms. The molecule has 6 N–H and O–H groups in total. The van der Waals surface area contributed by atoms with Crippen molar-refractivity contribution in [3.05, 3.63) is 48.0 Å². The summed E-state index contributed by atoms with van der Waals surface area (Å²) in [5, 5.41) is 13.2. The first-order valence-electron chi connectivity index (χ1n) is 7.56. The lowest BCUT2D eigenvalue weighted by molar-refractivity contribution is 0.581. The first-order chi connectivity index (χ1) is 11.8. The van der Waals surface area contributed by atoms with Gasteiger partial charge in [-0.1, -0.05) is 24.3 Å². The van der Waals surface area contributed by atoms with Crippen LogP contribution in [0.1, 0.15) is 18.4 Å². The Morgan fingerprint density at radius 2 is 1.80 bits per heavy atom. The number of hydrogen-bond acceptors (Lipinski definition) is 4. The third-order valence-corrected chi connectivity index (χ3v) is 6.20. The van der Waals surface area contributed by atoms with Gasteiger partial charge in [0.2, 0.25) is 10.0 Å². The van der Waals surface area contributed by atoms with Crippen LogP contribution >= 0.6 is 0 Å². The maximum atomic E-state index is 12.2. The molecule has 0 aliphatic heterocycles. The van der Waals surface area contributed by atoms with Crippen molar-refractivity contribution in [2.45, 2.75) is 28.7 Å². The van der Waals surface area contributed by atoms with E-state index in [-0.39, 0.29) is 27.2 Å². The molecule has 9 heteroatoms. The van der Waals surface area contributed by atoms with Crippen molar-refractivity contribution >= 4 is 26.8 Å². The van der Waals surface area contributed by atoms with E-state index < -0.39 is 21.0 Å². The first-order valence-corrected chi connectivity index (χ1v) is 10.3. The van der Waals surface area contributed by atoms with Crippen LogP contribution in [-0.4, -0.2) is 24.5 Å². The van der Waals surface area contributed by atoms with E-state index in [4.69, 9.17) is 16.3 Å². The van der Waals surface area contributed by atoms with Gasteiger partial charge in [-0.3, -0.25) is 5.41 Å². The fourth-order valence-corrected chi connectivity index (χ4v) is 4.46.